The molecule has 1 atom stereocenters. The van der Waals surface area contributed by atoms with Gasteiger partial charge in [0, 0.05) is 32.7 Å². The van der Waals surface area contributed by atoms with E-state index in [9.17, 15) is 8.42 Å². The quantitative estimate of drug-likeness (QED) is 0.766. The molecule has 19 heavy (non-hydrogen) atoms. The van der Waals surface area contributed by atoms with Crippen molar-refractivity contribution >= 4 is 10.0 Å². The lowest BCUT2D eigenvalue weighted by Crippen LogP contribution is -2.39. The molecular formula is C11H20N4O3S. The first-order valence-electron chi connectivity index (χ1n) is 6.34. The molecule has 1 aromatic rings. The van der Waals surface area contributed by atoms with Crippen molar-refractivity contribution in [3.05, 3.63) is 12.2 Å². The number of methoxy groups -OCH3 is 1. The third-order valence-electron chi connectivity index (χ3n) is 3.40. The van der Waals surface area contributed by atoms with E-state index in [1.165, 1.54) is 10.6 Å². The molecule has 0 saturated carbocycles. The van der Waals surface area contributed by atoms with Crippen LogP contribution in [0.2, 0.25) is 0 Å². The summed E-state index contributed by atoms with van der Waals surface area (Å²) < 4.78 is 31.8. The largest absolute Gasteiger partial charge is 0.383 e. The number of hydrogen-bond acceptors (Lipinski definition) is 5. The lowest BCUT2D eigenvalue weighted by molar-refractivity contribution is 0.184. The molecule has 108 valence electrons. The third-order valence-corrected chi connectivity index (χ3v) is 4.67. The summed E-state index contributed by atoms with van der Waals surface area (Å²) in [4.78, 5) is 0. The van der Waals surface area contributed by atoms with Crippen LogP contribution >= 0.6 is 0 Å². The first-order chi connectivity index (χ1) is 9.02. The van der Waals surface area contributed by atoms with Crippen LogP contribution in [0.25, 0.3) is 0 Å². The van der Waals surface area contributed by atoms with Crippen molar-refractivity contribution in [2.45, 2.75) is 25.3 Å². The van der Waals surface area contributed by atoms with Crippen LogP contribution in [-0.2, 0) is 21.3 Å². The van der Waals surface area contributed by atoms with E-state index in [1.54, 1.807) is 13.4 Å². The molecule has 0 bridgehead atoms. The Labute approximate surface area is 113 Å². The summed E-state index contributed by atoms with van der Waals surface area (Å²) in [6.07, 6.45) is 4.73. The fourth-order valence-electron chi connectivity index (χ4n) is 2.40. The summed E-state index contributed by atoms with van der Waals surface area (Å²) in [6.45, 7) is 2.37. The SMILES string of the molecule is COCCn1cnnc1C1CCCN(S(C)(=O)=O)C1. The van der Waals surface area contributed by atoms with Gasteiger partial charge in [-0.05, 0) is 12.8 Å². The van der Waals surface area contributed by atoms with Gasteiger partial charge in [0.05, 0.1) is 12.9 Å². The van der Waals surface area contributed by atoms with E-state index in [2.05, 4.69) is 10.2 Å². The number of ether oxygens (including phenoxy) is 1. The Kier molecular flexibility index (Phi) is 4.54. The summed E-state index contributed by atoms with van der Waals surface area (Å²) in [5, 5.41) is 8.07. The number of piperidine rings is 1. The van der Waals surface area contributed by atoms with Crippen LogP contribution in [0.1, 0.15) is 24.6 Å². The standard InChI is InChI=1S/C11H20N4O3S/c1-18-7-6-14-9-12-13-11(14)10-4-3-5-15(8-10)19(2,16)17/h9-10H,3-8H2,1-2H3. The molecule has 7 nitrogen and oxygen atoms in total. The number of hydrogen-bond donors (Lipinski definition) is 0. The average Bonchev–Trinajstić information content (AvgIpc) is 2.83. The fourth-order valence-corrected chi connectivity index (χ4v) is 3.31. The Morgan fingerprint density at radius 3 is 3.00 bits per heavy atom. The topological polar surface area (TPSA) is 77.3 Å². The Balaban J connectivity index is 2.11. The Morgan fingerprint density at radius 2 is 2.32 bits per heavy atom. The zero-order valence-corrected chi connectivity index (χ0v) is 12.1. The summed E-state index contributed by atoms with van der Waals surface area (Å²) in [6, 6.07) is 0. The van der Waals surface area contributed by atoms with Gasteiger partial charge in [0.15, 0.2) is 0 Å². The summed E-state index contributed by atoms with van der Waals surface area (Å²) in [5.41, 5.74) is 0. The zero-order chi connectivity index (χ0) is 13.9. The van der Waals surface area contributed by atoms with Gasteiger partial charge in [0.2, 0.25) is 10.0 Å². The van der Waals surface area contributed by atoms with Crippen molar-refractivity contribution < 1.29 is 13.2 Å². The number of aromatic nitrogens is 3. The van der Waals surface area contributed by atoms with Crippen LogP contribution in [0.5, 0.6) is 0 Å². The van der Waals surface area contributed by atoms with Gasteiger partial charge in [0.25, 0.3) is 0 Å². The zero-order valence-electron chi connectivity index (χ0n) is 11.3. The van der Waals surface area contributed by atoms with Gasteiger partial charge in [-0.15, -0.1) is 10.2 Å². The van der Waals surface area contributed by atoms with Crippen molar-refractivity contribution in [2.24, 2.45) is 0 Å². The van der Waals surface area contributed by atoms with Crippen LogP contribution in [-0.4, -0.2) is 60.5 Å². The van der Waals surface area contributed by atoms with E-state index in [1.807, 2.05) is 4.57 Å². The minimum Gasteiger partial charge on any atom is -0.383 e. The van der Waals surface area contributed by atoms with Crippen molar-refractivity contribution in [3.8, 4) is 0 Å². The Morgan fingerprint density at radius 1 is 1.53 bits per heavy atom. The molecule has 1 aromatic heterocycles. The monoisotopic (exact) mass is 288 g/mol. The van der Waals surface area contributed by atoms with Crippen LogP contribution in [0.15, 0.2) is 6.33 Å². The van der Waals surface area contributed by atoms with Crippen molar-refractivity contribution in [1.29, 1.82) is 0 Å². The maximum absolute atomic E-state index is 11.6. The second-order valence-electron chi connectivity index (χ2n) is 4.84. The predicted molar refractivity (Wildman–Crippen MR) is 70.3 cm³/mol. The van der Waals surface area contributed by atoms with Crippen molar-refractivity contribution in [3.63, 3.8) is 0 Å². The highest BCUT2D eigenvalue weighted by atomic mass is 32.2. The van der Waals surface area contributed by atoms with Gasteiger partial charge in [-0.2, -0.15) is 0 Å². The van der Waals surface area contributed by atoms with Gasteiger partial charge < -0.3 is 9.30 Å². The summed E-state index contributed by atoms with van der Waals surface area (Å²) >= 11 is 0. The second-order valence-corrected chi connectivity index (χ2v) is 6.82. The fraction of sp³-hybridized carbons (Fsp3) is 0.818. The van der Waals surface area contributed by atoms with E-state index in [0.29, 0.717) is 26.2 Å². The van der Waals surface area contributed by atoms with E-state index < -0.39 is 10.0 Å². The first-order valence-corrected chi connectivity index (χ1v) is 8.19. The molecule has 0 amide bonds. The lowest BCUT2D eigenvalue weighted by Gasteiger charge is -2.30. The molecule has 1 fully saturated rings. The van der Waals surface area contributed by atoms with Crippen molar-refractivity contribution in [2.75, 3.05) is 33.1 Å². The molecule has 0 aliphatic carbocycles. The molecule has 0 N–H and O–H groups in total. The van der Waals surface area contributed by atoms with E-state index in [4.69, 9.17) is 4.74 Å². The number of nitrogens with zero attached hydrogens (tertiary/aromatic N) is 4. The molecule has 2 rings (SSSR count). The third kappa shape index (κ3) is 3.52. The van der Waals surface area contributed by atoms with E-state index in [0.717, 1.165) is 18.7 Å². The van der Waals surface area contributed by atoms with Crippen molar-refractivity contribution in [1.82, 2.24) is 19.1 Å². The maximum atomic E-state index is 11.6. The van der Waals surface area contributed by atoms with Gasteiger partial charge >= 0.3 is 0 Å². The Bertz CT molecular complexity index is 514. The van der Waals surface area contributed by atoms with Crippen LogP contribution in [0.4, 0.5) is 0 Å². The smallest absolute Gasteiger partial charge is 0.211 e. The minimum absolute atomic E-state index is 0.114. The molecule has 1 aliphatic rings. The molecule has 1 saturated heterocycles. The van der Waals surface area contributed by atoms with Crippen LogP contribution in [0, 0.1) is 0 Å². The molecule has 0 radical (unpaired) electrons. The highest BCUT2D eigenvalue weighted by molar-refractivity contribution is 7.88. The highest BCUT2D eigenvalue weighted by Crippen LogP contribution is 2.26. The molecular weight excluding hydrogens is 268 g/mol. The van der Waals surface area contributed by atoms with E-state index in [-0.39, 0.29) is 5.92 Å². The molecule has 1 aliphatic heterocycles. The normalized spacial score (nSPS) is 21.7. The first kappa shape index (κ1) is 14.4. The van der Waals surface area contributed by atoms with Gasteiger partial charge in [-0.25, -0.2) is 12.7 Å². The van der Waals surface area contributed by atoms with Crippen LogP contribution < -0.4 is 0 Å². The molecule has 1 unspecified atom stereocenters. The molecule has 8 heteroatoms. The van der Waals surface area contributed by atoms with Gasteiger partial charge in [-0.1, -0.05) is 0 Å². The second kappa shape index (κ2) is 5.98. The van der Waals surface area contributed by atoms with Gasteiger partial charge in [-0.3, -0.25) is 0 Å². The molecule has 2 heterocycles. The maximum Gasteiger partial charge on any atom is 0.211 e. The lowest BCUT2D eigenvalue weighted by atomic mass is 9.99. The van der Waals surface area contributed by atoms with Crippen LogP contribution in [0.3, 0.4) is 0 Å². The average molecular weight is 288 g/mol. The predicted octanol–water partition coefficient (Wildman–Crippen LogP) is 0.0635. The Hall–Kier alpha value is -0.990. The molecule has 0 spiro atoms. The number of sulfonamides is 1. The molecule has 0 aromatic carbocycles. The highest BCUT2D eigenvalue weighted by Gasteiger charge is 2.29. The summed E-state index contributed by atoms with van der Waals surface area (Å²) in [5.74, 6) is 0.966. The number of rotatable bonds is 5. The van der Waals surface area contributed by atoms with Gasteiger partial charge in [0.1, 0.15) is 12.2 Å². The van der Waals surface area contributed by atoms with E-state index >= 15 is 0 Å². The minimum atomic E-state index is -3.13. The summed E-state index contributed by atoms with van der Waals surface area (Å²) in [7, 11) is -1.48.